The fourth-order valence-corrected chi connectivity index (χ4v) is 3.88. The van der Waals surface area contributed by atoms with Crippen molar-refractivity contribution in [3.63, 3.8) is 0 Å². The van der Waals surface area contributed by atoms with Crippen LogP contribution in [-0.4, -0.2) is 30.7 Å². The third-order valence-electron chi connectivity index (χ3n) is 3.77. The number of benzene rings is 1. The number of nitro groups is 1. The standard InChI is InChI=1S/C12H17N3O4S/c1-8-6-10(13)11(15(16)17)7-12(8)20(18,19)14(2)9-4-3-5-9/h6-7,9H,3-5,13H2,1-2H3. The molecule has 0 heterocycles. The monoisotopic (exact) mass is 299 g/mol. The van der Waals surface area contributed by atoms with Gasteiger partial charge >= 0.3 is 0 Å². The number of nitrogen functional groups attached to an aromatic ring is 1. The van der Waals surface area contributed by atoms with Crippen molar-refractivity contribution in [1.29, 1.82) is 0 Å². The molecular weight excluding hydrogens is 282 g/mol. The first-order valence-electron chi connectivity index (χ1n) is 6.27. The lowest BCUT2D eigenvalue weighted by atomic mass is 9.94. The number of sulfonamides is 1. The van der Waals surface area contributed by atoms with Gasteiger partial charge in [0.15, 0.2) is 0 Å². The van der Waals surface area contributed by atoms with Crippen LogP contribution < -0.4 is 5.73 Å². The molecule has 1 aromatic rings. The fourth-order valence-electron chi connectivity index (χ4n) is 2.24. The van der Waals surface area contributed by atoms with Gasteiger partial charge in [0.05, 0.1) is 9.82 Å². The highest BCUT2D eigenvalue weighted by Crippen LogP contribution is 2.33. The number of nitrogens with two attached hydrogens (primary N) is 1. The van der Waals surface area contributed by atoms with E-state index in [2.05, 4.69) is 0 Å². The SMILES string of the molecule is Cc1cc(N)c([N+](=O)[O-])cc1S(=O)(=O)N(C)C1CCC1. The Labute approximate surface area is 117 Å². The number of rotatable bonds is 4. The van der Waals surface area contributed by atoms with Gasteiger partial charge in [-0.25, -0.2) is 8.42 Å². The van der Waals surface area contributed by atoms with Crippen LogP contribution in [-0.2, 0) is 10.0 Å². The summed E-state index contributed by atoms with van der Waals surface area (Å²) in [4.78, 5) is 10.2. The Kier molecular flexibility index (Phi) is 3.70. The third kappa shape index (κ3) is 2.36. The highest BCUT2D eigenvalue weighted by Gasteiger charge is 2.33. The molecule has 1 saturated carbocycles. The first kappa shape index (κ1) is 14.7. The molecule has 0 atom stereocenters. The molecule has 8 heteroatoms. The van der Waals surface area contributed by atoms with Gasteiger partial charge in [0.25, 0.3) is 5.69 Å². The predicted octanol–water partition coefficient (Wildman–Crippen LogP) is 1.66. The molecule has 110 valence electrons. The lowest BCUT2D eigenvalue weighted by molar-refractivity contribution is -0.384. The Morgan fingerprint density at radius 2 is 2.00 bits per heavy atom. The van der Waals surface area contributed by atoms with Crippen molar-refractivity contribution in [1.82, 2.24) is 4.31 Å². The van der Waals surface area contributed by atoms with E-state index in [1.165, 1.54) is 17.4 Å². The van der Waals surface area contributed by atoms with Gasteiger partial charge in [0.1, 0.15) is 5.69 Å². The Balaban J connectivity index is 2.50. The minimum absolute atomic E-state index is 0.0176. The quantitative estimate of drug-likeness (QED) is 0.517. The van der Waals surface area contributed by atoms with Crippen LogP contribution >= 0.6 is 0 Å². The maximum absolute atomic E-state index is 12.5. The molecule has 0 aliphatic heterocycles. The molecule has 7 nitrogen and oxygen atoms in total. The summed E-state index contributed by atoms with van der Waals surface area (Å²) >= 11 is 0. The normalized spacial score (nSPS) is 16.1. The molecule has 20 heavy (non-hydrogen) atoms. The van der Waals surface area contributed by atoms with E-state index in [0.29, 0.717) is 5.56 Å². The van der Waals surface area contributed by atoms with Gasteiger partial charge in [0, 0.05) is 19.2 Å². The maximum Gasteiger partial charge on any atom is 0.293 e. The van der Waals surface area contributed by atoms with Gasteiger partial charge in [-0.3, -0.25) is 10.1 Å². The van der Waals surface area contributed by atoms with Crippen molar-refractivity contribution < 1.29 is 13.3 Å². The Bertz CT molecular complexity index is 653. The van der Waals surface area contributed by atoms with Crippen LogP contribution in [0.25, 0.3) is 0 Å². The first-order valence-corrected chi connectivity index (χ1v) is 7.71. The van der Waals surface area contributed by atoms with Gasteiger partial charge in [-0.15, -0.1) is 0 Å². The van der Waals surface area contributed by atoms with E-state index in [0.717, 1.165) is 25.3 Å². The highest BCUT2D eigenvalue weighted by molar-refractivity contribution is 7.89. The number of anilines is 1. The molecule has 0 spiro atoms. The first-order chi connectivity index (χ1) is 9.25. The number of hydrogen-bond acceptors (Lipinski definition) is 5. The van der Waals surface area contributed by atoms with Crippen LogP contribution in [0.5, 0.6) is 0 Å². The number of nitro benzene ring substituents is 1. The average molecular weight is 299 g/mol. The topological polar surface area (TPSA) is 107 Å². The van der Waals surface area contributed by atoms with Crippen molar-refractivity contribution >= 4 is 21.4 Å². The zero-order valence-electron chi connectivity index (χ0n) is 11.4. The number of hydrogen-bond donors (Lipinski definition) is 1. The van der Waals surface area contributed by atoms with Gasteiger partial charge in [-0.1, -0.05) is 6.42 Å². The van der Waals surface area contributed by atoms with E-state index >= 15 is 0 Å². The van der Waals surface area contributed by atoms with Crippen LogP contribution in [0.4, 0.5) is 11.4 Å². The summed E-state index contributed by atoms with van der Waals surface area (Å²) in [6, 6.07) is 2.37. The molecule has 2 N–H and O–H groups in total. The summed E-state index contributed by atoms with van der Waals surface area (Å²) in [6.07, 6.45) is 2.66. The van der Waals surface area contributed by atoms with Crippen molar-refractivity contribution in [3.05, 3.63) is 27.8 Å². The summed E-state index contributed by atoms with van der Waals surface area (Å²) in [7, 11) is -2.21. The van der Waals surface area contributed by atoms with E-state index in [1.807, 2.05) is 0 Å². The van der Waals surface area contributed by atoms with E-state index in [4.69, 9.17) is 5.73 Å². The smallest absolute Gasteiger partial charge is 0.293 e. The second kappa shape index (κ2) is 5.02. The zero-order valence-corrected chi connectivity index (χ0v) is 12.2. The van der Waals surface area contributed by atoms with E-state index < -0.39 is 14.9 Å². The molecule has 0 bridgehead atoms. The second-order valence-corrected chi connectivity index (χ2v) is 7.01. The van der Waals surface area contributed by atoms with Crippen molar-refractivity contribution in [3.8, 4) is 0 Å². The van der Waals surface area contributed by atoms with Crippen molar-refractivity contribution in [2.24, 2.45) is 0 Å². The summed E-state index contributed by atoms with van der Waals surface area (Å²) in [5, 5.41) is 10.9. The minimum Gasteiger partial charge on any atom is -0.393 e. The van der Waals surface area contributed by atoms with Crippen LogP contribution in [0.15, 0.2) is 17.0 Å². The van der Waals surface area contributed by atoms with Crippen LogP contribution in [0.3, 0.4) is 0 Å². The molecule has 0 radical (unpaired) electrons. The maximum atomic E-state index is 12.5. The highest BCUT2D eigenvalue weighted by atomic mass is 32.2. The van der Waals surface area contributed by atoms with Crippen molar-refractivity contribution in [2.45, 2.75) is 37.1 Å². The zero-order chi connectivity index (χ0) is 15.1. The van der Waals surface area contributed by atoms with Crippen LogP contribution in [0, 0.1) is 17.0 Å². The summed E-state index contributed by atoms with van der Waals surface area (Å²) in [5.41, 5.74) is 5.57. The summed E-state index contributed by atoms with van der Waals surface area (Å²) < 4.78 is 26.4. The summed E-state index contributed by atoms with van der Waals surface area (Å²) in [5.74, 6) is 0. The largest absolute Gasteiger partial charge is 0.393 e. The Morgan fingerprint density at radius 1 is 1.40 bits per heavy atom. The number of aryl methyl sites for hydroxylation is 1. The fraction of sp³-hybridized carbons (Fsp3) is 0.500. The summed E-state index contributed by atoms with van der Waals surface area (Å²) in [6.45, 7) is 1.58. The molecule has 0 amide bonds. The molecular formula is C12H17N3O4S. The van der Waals surface area contributed by atoms with E-state index in [-0.39, 0.29) is 22.3 Å². The molecule has 0 saturated heterocycles. The van der Waals surface area contributed by atoms with E-state index in [1.54, 1.807) is 6.92 Å². The van der Waals surface area contributed by atoms with Gasteiger partial charge in [-0.2, -0.15) is 4.31 Å². The molecule has 1 aliphatic rings. The lowest BCUT2D eigenvalue weighted by Gasteiger charge is -2.34. The van der Waals surface area contributed by atoms with Crippen LogP contribution in [0.1, 0.15) is 24.8 Å². The third-order valence-corrected chi connectivity index (χ3v) is 5.82. The average Bonchev–Trinajstić information content (AvgIpc) is 2.25. The molecule has 1 aliphatic carbocycles. The van der Waals surface area contributed by atoms with Gasteiger partial charge < -0.3 is 5.73 Å². The van der Waals surface area contributed by atoms with Gasteiger partial charge in [0.2, 0.25) is 10.0 Å². The van der Waals surface area contributed by atoms with E-state index in [9.17, 15) is 18.5 Å². The predicted molar refractivity (Wildman–Crippen MR) is 74.8 cm³/mol. The Hall–Kier alpha value is -1.67. The molecule has 1 aromatic carbocycles. The second-order valence-electron chi connectivity index (χ2n) is 5.04. The lowest BCUT2D eigenvalue weighted by Crippen LogP contribution is -2.41. The Morgan fingerprint density at radius 3 is 2.45 bits per heavy atom. The minimum atomic E-state index is -3.73. The molecule has 0 unspecified atom stereocenters. The van der Waals surface area contributed by atoms with Gasteiger partial charge in [-0.05, 0) is 31.4 Å². The number of nitrogens with zero attached hydrogens (tertiary/aromatic N) is 2. The molecule has 1 fully saturated rings. The van der Waals surface area contributed by atoms with Crippen LogP contribution in [0.2, 0.25) is 0 Å². The molecule has 2 rings (SSSR count). The van der Waals surface area contributed by atoms with Crippen molar-refractivity contribution in [2.75, 3.05) is 12.8 Å². The molecule has 0 aromatic heterocycles.